The van der Waals surface area contributed by atoms with Crippen molar-refractivity contribution < 1.29 is 4.79 Å². The number of nitrogens with zero attached hydrogens (tertiary/aromatic N) is 3. The van der Waals surface area contributed by atoms with Crippen molar-refractivity contribution in [1.29, 1.82) is 0 Å². The Labute approximate surface area is 191 Å². The van der Waals surface area contributed by atoms with Crippen LogP contribution in [0.1, 0.15) is 45.9 Å². The van der Waals surface area contributed by atoms with Crippen LogP contribution in [-0.2, 0) is 13.6 Å². The maximum absolute atomic E-state index is 13.4. The summed E-state index contributed by atoms with van der Waals surface area (Å²) in [5, 5.41) is 4.61. The second-order valence-corrected chi connectivity index (χ2v) is 9.49. The first kappa shape index (κ1) is 21.2. The summed E-state index contributed by atoms with van der Waals surface area (Å²) in [4.78, 5) is 17.8. The summed E-state index contributed by atoms with van der Waals surface area (Å²) >= 11 is 0. The van der Waals surface area contributed by atoms with Gasteiger partial charge in [-0.05, 0) is 62.0 Å². The van der Waals surface area contributed by atoms with Gasteiger partial charge in [0.1, 0.15) is 5.69 Å². The predicted molar refractivity (Wildman–Crippen MR) is 130 cm³/mol. The molecule has 2 saturated heterocycles. The minimum atomic E-state index is 0.155. The van der Waals surface area contributed by atoms with Crippen LogP contribution in [0.4, 0.5) is 0 Å². The van der Waals surface area contributed by atoms with E-state index >= 15 is 0 Å². The van der Waals surface area contributed by atoms with Crippen LogP contribution in [0.25, 0.3) is 10.9 Å². The molecule has 168 valence electrons. The zero-order chi connectivity index (χ0) is 22.1. The van der Waals surface area contributed by atoms with Gasteiger partial charge in [0.25, 0.3) is 5.91 Å². The van der Waals surface area contributed by atoms with Crippen molar-refractivity contribution in [2.75, 3.05) is 39.3 Å². The number of aryl methyl sites for hydroxylation is 2. The third kappa shape index (κ3) is 4.32. The van der Waals surface area contributed by atoms with E-state index in [4.69, 9.17) is 0 Å². The number of nitrogens with one attached hydrogen (secondary N) is 1. The van der Waals surface area contributed by atoms with Gasteiger partial charge >= 0.3 is 0 Å². The Morgan fingerprint density at radius 3 is 2.41 bits per heavy atom. The van der Waals surface area contributed by atoms with E-state index in [2.05, 4.69) is 70.2 Å². The zero-order valence-corrected chi connectivity index (χ0v) is 19.3. The minimum Gasteiger partial charge on any atom is -0.340 e. The maximum Gasteiger partial charge on any atom is 0.270 e. The largest absolute Gasteiger partial charge is 0.340 e. The summed E-state index contributed by atoms with van der Waals surface area (Å²) in [6.45, 7) is 8.67. The molecule has 2 aliphatic heterocycles. The number of hydrogen-bond donors (Lipinski definition) is 1. The highest BCUT2D eigenvalue weighted by molar-refractivity contribution is 5.99. The fraction of sp³-hybridized carbons (Fsp3) is 0.444. The number of piperidine rings is 1. The molecule has 0 unspecified atom stereocenters. The third-order valence-corrected chi connectivity index (χ3v) is 7.29. The number of rotatable bonds is 4. The highest BCUT2D eigenvalue weighted by Gasteiger charge is 2.25. The number of fused-ring (bicyclic) bond motifs is 1. The normalized spacial score (nSPS) is 18.4. The fourth-order valence-electron chi connectivity index (χ4n) is 5.18. The van der Waals surface area contributed by atoms with Crippen LogP contribution in [0.2, 0.25) is 0 Å². The standard InChI is InChI=1S/C27H34N4O/c1-20-3-5-21(6-4-20)19-30-13-15-31(16-14-30)27(32)26-18-24-8-7-23(17-25(24)29(26)2)22-9-11-28-12-10-22/h3-8,17-18,22,28H,9-16,19H2,1-2H3. The molecule has 5 nitrogen and oxygen atoms in total. The van der Waals surface area contributed by atoms with Gasteiger partial charge in [0.05, 0.1) is 0 Å². The molecule has 1 N–H and O–H groups in total. The Morgan fingerprint density at radius 1 is 0.969 bits per heavy atom. The summed E-state index contributed by atoms with van der Waals surface area (Å²) in [6, 6.07) is 17.6. The average molecular weight is 431 g/mol. The Bertz CT molecular complexity index is 1090. The molecule has 3 aromatic rings. The molecule has 5 rings (SSSR count). The van der Waals surface area contributed by atoms with Crippen LogP contribution in [0, 0.1) is 6.92 Å². The zero-order valence-electron chi connectivity index (χ0n) is 19.3. The highest BCUT2D eigenvalue weighted by atomic mass is 16.2. The first-order valence-corrected chi connectivity index (χ1v) is 12.0. The van der Waals surface area contributed by atoms with Crippen LogP contribution in [0.3, 0.4) is 0 Å². The first-order valence-electron chi connectivity index (χ1n) is 12.0. The lowest BCUT2D eigenvalue weighted by atomic mass is 9.90. The first-order chi connectivity index (χ1) is 15.6. The molecule has 2 aliphatic rings. The molecule has 0 spiro atoms. The molecule has 0 aliphatic carbocycles. The van der Waals surface area contributed by atoms with Crippen LogP contribution < -0.4 is 5.32 Å². The van der Waals surface area contributed by atoms with Gasteiger partial charge in [0.2, 0.25) is 0 Å². The average Bonchev–Trinajstić information content (AvgIpc) is 3.17. The maximum atomic E-state index is 13.4. The molecule has 0 atom stereocenters. The molecule has 3 heterocycles. The van der Waals surface area contributed by atoms with Gasteiger partial charge in [-0.15, -0.1) is 0 Å². The highest BCUT2D eigenvalue weighted by Crippen LogP contribution is 2.29. The van der Waals surface area contributed by atoms with Gasteiger partial charge in [-0.3, -0.25) is 9.69 Å². The number of aromatic nitrogens is 1. The van der Waals surface area contributed by atoms with Crippen molar-refractivity contribution in [3.8, 4) is 0 Å². The van der Waals surface area contributed by atoms with Gasteiger partial charge in [0, 0.05) is 50.7 Å². The van der Waals surface area contributed by atoms with E-state index in [-0.39, 0.29) is 5.91 Å². The smallest absolute Gasteiger partial charge is 0.270 e. The second-order valence-electron chi connectivity index (χ2n) is 9.49. The lowest BCUT2D eigenvalue weighted by Crippen LogP contribution is -2.48. The molecular weight excluding hydrogens is 396 g/mol. The van der Waals surface area contributed by atoms with E-state index in [0.717, 1.165) is 56.9 Å². The third-order valence-electron chi connectivity index (χ3n) is 7.29. The van der Waals surface area contributed by atoms with Gasteiger partial charge in [-0.1, -0.05) is 42.0 Å². The van der Waals surface area contributed by atoms with Gasteiger partial charge < -0.3 is 14.8 Å². The van der Waals surface area contributed by atoms with Crippen molar-refractivity contribution in [3.63, 3.8) is 0 Å². The number of benzene rings is 2. The van der Waals surface area contributed by atoms with E-state index in [1.807, 2.05) is 11.9 Å². The number of piperazine rings is 1. The molecule has 32 heavy (non-hydrogen) atoms. The predicted octanol–water partition coefficient (Wildman–Crippen LogP) is 3.91. The SMILES string of the molecule is Cc1ccc(CN2CCN(C(=O)c3cc4ccc(C5CCNCC5)cc4n3C)CC2)cc1. The van der Waals surface area contributed by atoms with Gasteiger partial charge in [-0.2, -0.15) is 0 Å². The molecule has 5 heteroatoms. The monoisotopic (exact) mass is 430 g/mol. The van der Waals surface area contributed by atoms with E-state index in [9.17, 15) is 4.79 Å². The lowest BCUT2D eigenvalue weighted by molar-refractivity contribution is 0.0619. The van der Waals surface area contributed by atoms with Crippen LogP contribution in [0.5, 0.6) is 0 Å². The van der Waals surface area contributed by atoms with Crippen molar-refractivity contribution in [1.82, 2.24) is 19.7 Å². The fourth-order valence-corrected chi connectivity index (χ4v) is 5.18. The molecule has 2 fully saturated rings. The van der Waals surface area contributed by atoms with Crippen LogP contribution in [-0.4, -0.2) is 59.5 Å². The quantitative estimate of drug-likeness (QED) is 0.682. The van der Waals surface area contributed by atoms with Crippen molar-refractivity contribution >= 4 is 16.8 Å². The Hall–Kier alpha value is -2.63. The summed E-state index contributed by atoms with van der Waals surface area (Å²) in [5.74, 6) is 0.776. The Balaban J connectivity index is 1.26. The molecule has 1 amide bonds. The molecule has 2 aromatic carbocycles. The van der Waals surface area contributed by atoms with Gasteiger partial charge in [0.15, 0.2) is 0 Å². The van der Waals surface area contributed by atoms with E-state index in [1.165, 1.54) is 35.0 Å². The van der Waals surface area contributed by atoms with Crippen molar-refractivity contribution in [3.05, 3.63) is 70.9 Å². The summed E-state index contributed by atoms with van der Waals surface area (Å²) in [7, 11) is 2.04. The van der Waals surface area contributed by atoms with E-state index < -0.39 is 0 Å². The van der Waals surface area contributed by atoms with Crippen LogP contribution >= 0.6 is 0 Å². The summed E-state index contributed by atoms with van der Waals surface area (Å²) in [6.07, 6.45) is 2.38. The second kappa shape index (κ2) is 9.08. The topological polar surface area (TPSA) is 40.5 Å². The Kier molecular flexibility index (Phi) is 6.03. The van der Waals surface area contributed by atoms with E-state index in [0.29, 0.717) is 5.92 Å². The number of carbonyl (C=O) groups is 1. The molecule has 0 saturated carbocycles. The summed E-state index contributed by atoms with van der Waals surface area (Å²) in [5.41, 5.74) is 6.01. The molecule has 0 bridgehead atoms. The molecule has 1 aromatic heterocycles. The van der Waals surface area contributed by atoms with Crippen molar-refractivity contribution in [2.24, 2.45) is 7.05 Å². The number of hydrogen-bond acceptors (Lipinski definition) is 3. The van der Waals surface area contributed by atoms with Crippen LogP contribution in [0.15, 0.2) is 48.5 Å². The van der Waals surface area contributed by atoms with Gasteiger partial charge in [-0.25, -0.2) is 0 Å². The number of amides is 1. The van der Waals surface area contributed by atoms with Crippen molar-refractivity contribution in [2.45, 2.75) is 32.2 Å². The minimum absolute atomic E-state index is 0.155. The summed E-state index contributed by atoms with van der Waals surface area (Å²) < 4.78 is 2.10. The van der Waals surface area contributed by atoms with E-state index in [1.54, 1.807) is 0 Å². The Morgan fingerprint density at radius 2 is 1.69 bits per heavy atom. The molecule has 0 radical (unpaired) electrons. The molecular formula is C27H34N4O. The lowest BCUT2D eigenvalue weighted by Gasteiger charge is -2.34. The number of carbonyl (C=O) groups excluding carboxylic acids is 1.